The van der Waals surface area contributed by atoms with E-state index in [-0.39, 0.29) is 12.1 Å². The monoisotopic (exact) mass is 397 g/mol. The Balaban J connectivity index is 1.80. The summed E-state index contributed by atoms with van der Waals surface area (Å²) in [6.45, 7) is 6.06. The summed E-state index contributed by atoms with van der Waals surface area (Å²) in [4.78, 5) is 23.5. The van der Waals surface area contributed by atoms with E-state index in [1.807, 2.05) is 20.8 Å². The third-order valence-electron chi connectivity index (χ3n) is 4.39. The van der Waals surface area contributed by atoms with Gasteiger partial charge in [-0.3, -0.25) is 0 Å². The summed E-state index contributed by atoms with van der Waals surface area (Å²) in [5.41, 5.74) is -0.0881. The summed E-state index contributed by atoms with van der Waals surface area (Å²) < 4.78 is 15.9. The van der Waals surface area contributed by atoms with Crippen molar-refractivity contribution in [1.82, 2.24) is 5.32 Å². The zero-order valence-electron chi connectivity index (χ0n) is 16.3. The van der Waals surface area contributed by atoms with Gasteiger partial charge in [-0.15, -0.1) is 0 Å². The minimum absolute atomic E-state index is 0.127. The molecule has 0 unspecified atom stereocenters. The fourth-order valence-electron chi connectivity index (χ4n) is 3.01. The minimum atomic E-state index is -0.493. The number of nitrogens with one attached hydrogen (secondary N) is 1. The summed E-state index contributed by atoms with van der Waals surface area (Å²) in [5.74, 6) is 0.429. The highest BCUT2D eigenvalue weighted by atomic mass is 35.5. The predicted octanol–water partition coefficient (Wildman–Crippen LogP) is 4.59. The first-order valence-corrected chi connectivity index (χ1v) is 9.56. The van der Waals surface area contributed by atoms with Crippen LogP contribution in [0.2, 0.25) is 5.02 Å². The van der Waals surface area contributed by atoms with Gasteiger partial charge in [0, 0.05) is 6.04 Å². The first-order chi connectivity index (χ1) is 12.7. The molecule has 1 amide bonds. The largest absolute Gasteiger partial charge is 0.492 e. The molecule has 0 atom stereocenters. The SMILES string of the molecule is COC(=O)c1ccc(Cl)c(OC[C@H]2CC[C@H](NC(=O)OC(C)(C)C)CC2)c1. The van der Waals surface area contributed by atoms with E-state index < -0.39 is 11.6 Å². The molecule has 0 spiro atoms. The van der Waals surface area contributed by atoms with Crippen LogP contribution in [-0.2, 0) is 9.47 Å². The van der Waals surface area contributed by atoms with Gasteiger partial charge in [0.25, 0.3) is 0 Å². The van der Waals surface area contributed by atoms with E-state index in [0.717, 1.165) is 25.7 Å². The van der Waals surface area contributed by atoms with Crippen LogP contribution < -0.4 is 10.1 Å². The van der Waals surface area contributed by atoms with E-state index in [9.17, 15) is 9.59 Å². The molecule has 0 radical (unpaired) electrons. The Kier molecular flexibility index (Phi) is 7.36. The number of rotatable bonds is 5. The fraction of sp³-hybridized carbons (Fsp3) is 0.600. The molecule has 150 valence electrons. The standard InChI is InChI=1S/C20H28ClNO5/c1-20(2,3)27-19(24)22-15-8-5-13(6-9-15)12-26-17-11-14(18(23)25-4)7-10-16(17)21/h7,10-11,13,15H,5-6,8-9,12H2,1-4H3,(H,22,24)/t13-,15-. The number of halogens is 1. The Morgan fingerprint density at radius 2 is 1.85 bits per heavy atom. The van der Waals surface area contributed by atoms with Crippen molar-refractivity contribution in [3.8, 4) is 5.75 Å². The third-order valence-corrected chi connectivity index (χ3v) is 4.71. The average Bonchev–Trinajstić information content (AvgIpc) is 2.60. The second-order valence-electron chi connectivity index (χ2n) is 7.81. The van der Waals surface area contributed by atoms with Crippen LogP contribution in [0, 0.1) is 5.92 Å². The Labute approximate surface area is 165 Å². The number of benzene rings is 1. The Hall–Kier alpha value is -1.95. The molecule has 1 aliphatic rings. The minimum Gasteiger partial charge on any atom is -0.492 e. The maximum atomic E-state index is 11.9. The maximum absolute atomic E-state index is 11.9. The molecule has 0 aliphatic heterocycles. The van der Waals surface area contributed by atoms with Gasteiger partial charge >= 0.3 is 12.1 Å². The summed E-state index contributed by atoms with van der Waals surface area (Å²) in [7, 11) is 1.33. The van der Waals surface area contributed by atoms with Crippen LogP contribution in [-0.4, -0.2) is 37.4 Å². The molecule has 1 N–H and O–H groups in total. The smallest absolute Gasteiger partial charge is 0.407 e. The van der Waals surface area contributed by atoms with Crippen molar-refractivity contribution in [2.75, 3.05) is 13.7 Å². The van der Waals surface area contributed by atoms with E-state index in [1.54, 1.807) is 18.2 Å². The number of methoxy groups -OCH3 is 1. The molecule has 1 aliphatic carbocycles. The molecule has 7 heteroatoms. The molecule has 1 aromatic rings. The lowest BCUT2D eigenvalue weighted by Gasteiger charge is -2.30. The number of carbonyl (C=O) groups excluding carboxylic acids is 2. The van der Waals surface area contributed by atoms with Gasteiger partial charge in [-0.2, -0.15) is 0 Å². The number of carbonyl (C=O) groups is 2. The van der Waals surface area contributed by atoms with Gasteiger partial charge < -0.3 is 19.5 Å². The molecule has 1 aromatic carbocycles. The maximum Gasteiger partial charge on any atom is 0.407 e. The van der Waals surface area contributed by atoms with Gasteiger partial charge in [-0.05, 0) is 70.6 Å². The lowest BCUT2D eigenvalue weighted by atomic mass is 9.86. The highest BCUT2D eigenvalue weighted by Gasteiger charge is 2.25. The molecule has 0 heterocycles. The first-order valence-electron chi connectivity index (χ1n) is 9.18. The number of alkyl carbamates (subject to hydrolysis) is 1. The van der Waals surface area contributed by atoms with Gasteiger partial charge in [0.05, 0.1) is 24.3 Å². The molecule has 0 aromatic heterocycles. The highest BCUT2D eigenvalue weighted by Crippen LogP contribution is 2.29. The van der Waals surface area contributed by atoms with Gasteiger partial charge in [-0.25, -0.2) is 9.59 Å². The van der Waals surface area contributed by atoms with E-state index in [0.29, 0.717) is 28.9 Å². The third kappa shape index (κ3) is 6.94. The molecule has 1 fully saturated rings. The molecule has 0 saturated heterocycles. The summed E-state index contributed by atoms with van der Waals surface area (Å²) in [6, 6.07) is 4.96. The normalized spacial score (nSPS) is 19.9. The van der Waals surface area contributed by atoms with E-state index >= 15 is 0 Å². The van der Waals surface area contributed by atoms with E-state index in [4.69, 9.17) is 25.8 Å². The quantitative estimate of drug-likeness (QED) is 0.735. The van der Waals surface area contributed by atoms with Crippen LogP contribution in [0.3, 0.4) is 0 Å². The van der Waals surface area contributed by atoms with Crippen molar-refractivity contribution >= 4 is 23.7 Å². The molecule has 0 bridgehead atoms. The van der Waals surface area contributed by atoms with Gasteiger partial charge in [0.1, 0.15) is 11.4 Å². The lowest BCUT2D eigenvalue weighted by Crippen LogP contribution is -2.41. The second kappa shape index (κ2) is 9.31. The Bertz CT molecular complexity index is 663. The number of amides is 1. The van der Waals surface area contributed by atoms with Gasteiger partial charge in [0.2, 0.25) is 0 Å². The molecular weight excluding hydrogens is 370 g/mol. The number of esters is 1. The molecule has 2 rings (SSSR count). The van der Waals surface area contributed by atoms with Gasteiger partial charge in [0.15, 0.2) is 0 Å². The number of ether oxygens (including phenoxy) is 3. The van der Waals surface area contributed by atoms with Crippen molar-refractivity contribution in [3.63, 3.8) is 0 Å². The Morgan fingerprint density at radius 3 is 2.44 bits per heavy atom. The van der Waals surface area contributed by atoms with Crippen LogP contribution >= 0.6 is 11.6 Å². The van der Waals surface area contributed by atoms with Gasteiger partial charge in [-0.1, -0.05) is 11.6 Å². The predicted molar refractivity (Wildman–Crippen MR) is 103 cm³/mol. The van der Waals surface area contributed by atoms with Crippen LogP contribution in [0.1, 0.15) is 56.8 Å². The topological polar surface area (TPSA) is 73.9 Å². The Morgan fingerprint density at radius 1 is 1.19 bits per heavy atom. The van der Waals surface area contributed by atoms with Crippen LogP contribution in [0.25, 0.3) is 0 Å². The summed E-state index contributed by atoms with van der Waals surface area (Å²) in [5, 5.41) is 3.39. The molecule has 1 saturated carbocycles. The first kappa shape index (κ1) is 21.4. The zero-order chi connectivity index (χ0) is 20.0. The van der Waals surface area contributed by atoms with E-state index in [2.05, 4.69) is 5.32 Å². The zero-order valence-corrected chi connectivity index (χ0v) is 17.1. The number of hydrogen-bond acceptors (Lipinski definition) is 5. The second-order valence-corrected chi connectivity index (χ2v) is 8.22. The summed E-state index contributed by atoms with van der Waals surface area (Å²) >= 11 is 6.16. The highest BCUT2D eigenvalue weighted by molar-refractivity contribution is 6.32. The van der Waals surface area contributed by atoms with Crippen molar-refractivity contribution in [3.05, 3.63) is 28.8 Å². The van der Waals surface area contributed by atoms with Crippen LogP contribution in [0.4, 0.5) is 4.79 Å². The van der Waals surface area contributed by atoms with Crippen molar-refractivity contribution in [2.24, 2.45) is 5.92 Å². The van der Waals surface area contributed by atoms with Crippen LogP contribution in [0.15, 0.2) is 18.2 Å². The fourth-order valence-corrected chi connectivity index (χ4v) is 3.19. The molecule has 6 nitrogen and oxygen atoms in total. The average molecular weight is 398 g/mol. The van der Waals surface area contributed by atoms with E-state index in [1.165, 1.54) is 7.11 Å². The number of hydrogen-bond donors (Lipinski definition) is 1. The van der Waals surface area contributed by atoms with Crippen molar-refractivity contribution < 1.29 is 23.8 Å². The molecular formula is C20H28ClNO5. The van der Waals surface area contributed by atoms with Crippen molar-refractivity contribution in [1.29, 1.82) is 0 Å². The van der Waals surface area contributed by atoms with Crippen molar-refractivity contribution in [2.45, 2.75) is 58.1 Å². The van der Waals surface area contributed by atoms with Crippen LogP contribution in [0.5, 0.6) is 5.75 Å². The molecule has 27 heavy (non-hydrogen) atoms. The summed E-state index contributed by atoms with van der Waals surface area (Å²) in [6.07, 6.45) is 3.27. The lowest BCUT2D eigenvalue weighted by molar-refractivity contribution is 0.0482.